The van der Waals surface area contributed by atoms with E-state index >= 15 is 0 Å². The first-order valence-electron chi connectivity index (χ1n) is 7.80. The van der Waals surface area contributed by atoms with Crippen LogP contribution in [0.1, 0.15) is 44.6 Å². The molecular weight excluding hydrogens is 349 g/mol. The number of rotatable bonds is 5. The number of ether oxygens (including phenoxy) is 1. The molecule has 0 aromatic heterocycles. The maximum Gasteiger partial charge on any atom is 0.228 e. The molecule has 1 unspecified atom stereocenters. The fourth-order valence-corrected chi connectivity index (χ4v) is 3.26. The van der Waals surface area contributed by atoms with Gasteiger partial charge in [-0.3, -0.25) is 4.79 Å². The van der Waals surface area contributed by atoms with Gasteiger partial charge in [-0.2, -0.15) is 0 Å². The molecule has 1 aromatic rings. The fourth-order valence-electron chi connectivity index (χ4n) is 2.93. The maximum atomic E-state index is 14.1. The minimum atomic E-state index is -0.363. The monoisotopic (exact) mass is 371 g/mol. The van der Waals surface area contributed by atoms with E-state index in [0.29, 0.717) is 10.0 Å². The molecule has 1 amide bonds. The van der Waals surface area contributed by atoms with E-state index in [1.807, 2.05) is 6.92 Å². The summed E-state index contributed by atoms with van der Waals surface area (Å²) >= 11 is 3.25. The number of nitrogens with zero attached hydrogens (tertiary/aromatic N) is 1. The lowest BCUT2D eigenvalue weighted by molar-refractivity contribution is -0.149. The highest BCUT2D eigenvalue weighted by atomic mass is 79.9. The van der Waals surface area contributed by atoms with Gasteiger partial charge in [0.15, 0.2) is 0 Å². The molecule has 0 heterocycles. The van der Waals surface area contributed by atoms with Crippen LogP contribution in [0, 0.1) is 11.7 Å². The van der Waals surface area contributed by atoms with Crippen LogP contribution >= 0.6 is 15.9 Å². The average Bonchev–Trinajstić information content (AvgIpc) is 2.53. The highest BCUT2D eigenvalue weighted by Crippen LogP contribution is 2.27. The Morgan fingerprint density at radius 3 is 2.68 bits per heavy atom. The molecule has 0 N–H and O–H groups in total. The van der Waals surface area contributed by atoms with E-state index in [1.165, 1.54) is 12.5 Å². The highest BCUT2D eigenvalue weighted by Gasteiger charge is 2.29. The van der Waals surface area contributed by atoms with E-state index < -0.39 is 0 Å². The van der Waals surface area contributed by atoms with Crippen molar-refractivity contribution in [3.05, 3.63) is 34.1 Å². The molecule has 1 aliphatic rings. The molecule has 0 saturated heterocycles. The number of hydrogen-bond acceptors (Lipinski definition) is 2. The molecule has 1 saturated carbocycles. The Hall–Kier alpha value is -0.940. The Labute approximate surface area is 140 Å². The van der Waals surface area contributed by atoms with Crippen LogP contribution in [-0.4, -0.2) is 24.1 Å². The predicted molar refractivity (Wildman–Crippen MR) is 87.7 cm³/mol. The third-order valence-electron chi connectivity index (χ3n) is 4.37. The van der Waals surface area contributed by atoms with Crippen LogP contribution in [0.25, 0.3) is 0 Å². The summed E-state index contributed by atoms with van der Waals surface area (Å²) in [5.74, 6) is -0.180. The smallest absolute Gasteiger partial charge is 0.228 e. The fraction of sp³-hybridized carbons (Fsp3) is 0.588. The summed E-state index contributed by atoms with van der Waals surface area (Å²) in [4.78, 5) is 14.5. The first-order valence-corrected chi connectivity index (χ1v) is 8.59. The van der Waals surface area contributed by atoms with Crippen molar-refractivity contribution < 1.29 is 13.9 Å². The molecule has 0 radical (unpaired) electrons. The molecule has 1 aliphatic carbocycles. The van der Waals surface area contributed by atoms with Crippen LogP contribution in [0.3, 0.4) is 0 Å². The summed E-state index contributed by atoms with van der Waals surface area (Å²) in [5.41, 5.74) is 0.510. The second-order valence-electron chi connectivity index (χ2n) is 5.87. The van der Waals surface area contributed by atoms with Crippen molar-refractivity contribution in [2.24, 2.45) is 5.92 Å². The lowest BCUT2D eigenvalue weighted by Crippen LogP contribution is -2.43. The summed E-state index contributed by atoms with van der Waals surface area (Å²) in [7, 11) is 1.57. The lowest BCUT2D eigenvalue weighted by atomic mass is 9.88. The minimum Gasteiger partial charge on any atom is -0.362 e. The van der Waals surface area contributed by atoms with E-state index in [0.717, 1.165) is 25.7 Å². The third-order valence-corrected chi connectivity index (χ3v) is 4.87. The minimum absolute atomic E-state index is 0.0462. The van der Waals surface area contributed by atoms with Crippen molar-refractivity contribution in [1.82, 2.24) is 4.90 Å². The van der Waals surface area contributed by atoms with Gasteiger partial charge in [0, 0.05) is 23.1 Å². The van der Waals surface area contributed by atoms with E-state index in [9.17, 15) is 9.18 Å². The van der Waals surface area contributed by atoms with Crippen LogP contribution in [-0.2, 0) is 16.1 Å². The molecule has 0 bridgehead atoms. The molecule has 1 aromatic carbocycles. The van der Waals surface area contributed by atoms with Crippen LogP contribution < -0.4 is 0 Å². The lowest BCUT2D eigenvalue weighted by Gasteiger charge is -2.33. The Kier molecular flexibility index (Phi) is 6.38. The molecule has 3 nitrogen and oxygen atoms in total. The Morgan fingerprint density at radius 1 is 1.41 bits per heavy atom. The Morgan fingerprint density at radius 2 is 2.09 bits per heavy atom. The number of carbonyl (C=O) groups is 1. The van der Waals surface area contributed by atoms with Gasteiger partial charge in [-0.1, -0.05) is 41.3 Å². The second kappa shape index (κ2) is 8.06. The number of benzene rings is 1. The molecular formula is C17H23BrFNO2. The number of carbonyl (C=O) groups excluding carboxylic acids is 1. The molecule has 0 aliphatic heterocycles. The van der Waals surface area contributed by atoms with Crippen molar-refractivity contribution in [3.8, 4) is 0 Å². The van der Waals surface area contributed by atoms with Gasteiger partial charge in [-0.25, -0.2) is 4.39 Å². The van der Waals surface area contributed by atoms with Gasteiger partial charge in [0.2, 0.25) is 5.91 Å². The molecule has 22 heavy (non-hydrogen) atoms. The first-order chi connectivity index (χ1) is 10.5. The summed E-state index contributed by atoms with van der Waals surface area (Å²) in [6, 6.07) is 4.93. The summed E-state index contributed by atoms with van der Waals surface area (Å²) in [6.07, 6.45) is 4.88. The normalized spacial score (nSPS) is 17.3. The highest BCUT2D eigenvalue weighted by molar-refractivity contribution is 9.10. The van der Waals surface area contributed by atoms with Crippen LogP contribution in [0.5, 0.6) is 0 Å². The van der Waals surface area contributed by atoms with Crippen molar-refractivity contribution in [3.63, 3.8) is 0 Å². The number of methoxy groups -OCH3 is 1. The van der Waals surface area contributed by atoms with Crippen molar-refractivity contribution in [2.75, 3.05) is 7.11 Å². The summed E-state index contributed by atoms with van der Waals surface area (Å²) < 4.78 is 20.1. The molecule has 122 valence electrons. The zero-order valence-corrected chi connectivity index (χ0v) is 14.7. The topological polar surface area (TPSA) is 29.5 Å². The summed E-state index contributed by atoms with van der Waals surface area (Å²) in [5, 5.41) is 0. The largest absolute Gasteiger partial charge is 0.362 e. The Bertz CT molecular complexity index is 517. The van der Waals surface area contributed by atoms with Crippen molar-refractivity contribution >= 4 is 21.8 Å². The van der Waals surface area contributed by atoms with E-state index in [4.69, 9.17) is 4.74 Å². The van der Waals surface area contributed by atoms with Gasteiger partial charge in [-0.05, 0) is 31.9 Å². The quantitative estimate of drug-likeness (QED) is 0.713. The van der Waals surface area contributed by atoms with Crippen molar-refractivity contribution in [1.29, 1.82) is 0 Å². The van der Waals surface area contributed by atoms with Gasteiger partial charge in [-0.15, -0.1) is 0 Å². The van der Waals surface area contributed by atoms with Crippen LogP contribution in [0.2, 0.25) is 0 Å². The van der Waals surface area contributed by atoms with Crippen LogP contribution in [0.4, 0.5) is 4.39 Å². The summed E-state index contributed by atoms with van der Waals surface area (Å²) in [6.45, 7) is 2.07. The molecule has 0 spiro atoms. The van der Waals surface area contributed by atoms with Crippen LogP contribution in [0.15, 0.2) is 22.7 Å². The number of hydrogen-bond donors (Lipinski definition) is 0. The van der Waals surface area contributed by atoms with E-state index in [1.54, 1.807) is 24.1 Å². The maximum absolute atomic E-state index is 14.1. The molecule has 5 heteroatoms. The predicted octanol–water partition coefficient (Wildman–Crippen LogP) is 4.49. The number of halogens is 2. The molecule has 1 atom stereocenters. The zero-order chi connectivity index (χ0) is 16.1. The van der Waals surface area contributed by atoms with Crippen molar-refractivity contribution in [2.45, 2.75) is 51.8 Å². The van der Waals surface area contributed by atoms with E-state index in [-0.39, 0.29) is 30.4 Å². The van der Waals surface area contributed by atoms with Gasteiger partial charge in [0.25, 0.3) is 0 Å². The van der Waals surface area contributed by atoms with Gasteiger partial charge < -0.3 is 9.64 Å². The average molecular weight is 372 g/mol. The van der Waals surface area contributed by atoms with Gasteiger partial charge in [0.1, 0.15) is 12.0 Å². The third kappa shape index (κ3) is 4.29. The zero-order valence-electron chi connectivity index (χ0n) is 13.1. The SMILES string of the molecule is COC(C)N(Cc1ccc(Br)cc1F)C(=O)C1CCCCC1. The van der Waals surface area contributed by atoms with Gasteiger partial charge >= 0.3 is 0 Å². The van der Waals surface area contributed by atoms with E-state index in [2.05, 4.69) is 15.9 Å². The molecule has 2 rings (SSSR count). The number of amides is 1. The standard InChI is InChI=1S/C17H23BrFNO2/c1-12(22-2)20(17(21)13-6-4-3-5-7-13)11-14-8-9-15(18)10-16(14)19/h8-10,12-13H,3-7,11H2,1-2H3. The second-order valence-corrected chi connectivity index (χ2v) is 6.79. The first kappa shape index (κ1) is 17.4. The van der Waals surface area contributed by atoms with Gasteiger partial charge in [0.05, 0.1) is 6.54 Å². The Balaban J connectivity index is 2.16. The molecule has 1 fully saturated rings.